The van der Waals surface area contributed by atoms with E-state index in [4.69, 9.17) is 4.74 Å². The Labute approximate surface area is 159 Å². The van der Waals surface area contributed by atoms with E-state index >= 15 is 0 Å². The minimum atomic E-state index is 0.0450. The number of carbonyl (C=O) groups is 1. The first kappa shape index (κ1) is 17.1. The Morgan fingerprint density at radius 2 is 1.52 bits per heavy atom. The second-order valence-corrected chi connectivity index (χ2v) is 6.73. The Balaban J connectivity index is 1.88. The van der Waals surface area contributed by atoms with Crippen molar-refractivity contribution in [2.75, 3.05) is 12.4 Å². The fourth-order valence-corrected chi connectivity index (χ4v) is 3.47. The van der Waals surface area contributed by atoms with Crippen molar-refractivity contribution in [3.63, 3.8) is 0 Å². The van der Waals surface area contributed by atoms with Gasteiger partial charge in [-0.05, 0) is 48.7 Å². The highest BCUT2D eigenvalue weighted by Gasteiger charge is 2.30. The summed E-state index contributed by atoms with van der Waals surface area (Å²) >= 11 is 0. The van der Waals surface area contributed by atoms with Gasteiger partial charge >= 0.3 is 0 Å². The number of Topliss-reactive ketones (excluding diaryl/α,β-unsaturated/α-hetero) is 1. The van der Waals surface area contributed by atoms with Gasteiger partial charge in [0.25, 0.3) is 0 Å². The standard InChI is InChI=1S/C24H21NO2/c1-15-7-6-10-21(16(15)2)25-23-19-8-4-5-9-20(19)24(26)22(23)17-11-13-18(27-3)14-12-17/h4-14,25H,1-3H3. The van der Waals surface area contributed by atoms with Crippen molar-refractivity contribution in [1.29, 1.82) is 0 Å². The topological polar surface area (TPSA) is 38.3 Å². The summed E-state index contributed by atoms with van der Waals surface area (Å²) in [6.07, 6.45) is 0. The van der Waals surface area contributed by atoms with Crippen molar-refractivity contribution in [1.82, 2.24) is 0 Å². The molecule has 0 unspecified atom stereocenters. The van der Waals surface area contributed by atoms with Gasteiger partial charge in [-0.1, -0.05) is 48.5 Å². The molecule has 3 aromatic rings. The van der Waals surface area contributed by atoms with E-state index in [0.29, 0.717) is 5.57 Å². The molecule has 0 spiro atoms. The second-order valence-electron chi connectivity index (χ2n) is 6.73. The number of ether oxygens (including phenoxy) is 1. The molecule has 134 valence electrons. The molecular weight excluding hydrogens is 334 g/mol. The molecule has 0 aromatic heterocycles. The fourth-order valence-electron chi connectivity index (χ4n) is 3.47. The quantitative estimate of drug-likeness (QED) is 0.672. The third-order valence-corrected chi connectivity index (χ3v) is 5.16. The van der Waals surface area contributed by atoms with Crippen LogP contribution < -0.4 is 10.1 Å². The third kappa shape index (κ3) is 2.91. The Bertz CT molecular complexity index is 1060. The third-order valence-electron chi connectivity index (χ3n) is 5.16. The van der Waals surface area contributed by atoms with Gasteiger partial charge in [0, 0.05) is 16.8 Å². The summed E-state index contributed by atoms with van der Waals surface area (Å²) in [6.45, 7) is 4.18. The van der Waals surface area contributed by atoms with Gasteiger partial charge in [-0.2, -0.15) is 0 Å². The highest BCUT2D eigenvalue weighted by Crippen LogP contribution is 2.39. The predicted octanol–water partition coefficient (Wildman–Crippen LogP) is 5.49. The van der Waals surface area contributed by atoms with Crippen LogP contribution in [0.25, 0.3) is 11.3 Å². The maximum atomic E-state index is 13.2. The monoisotopic (exact) mass is 355 g/mol. The first-order valence-electron chi connectivity index (χ1n) is 8.96. The van der Waals surface area contributed by atoms with Crippen molar-refractivity contribution in [3.8, 4) is 5.75 Å². The lowest BCUT2D eigenvalue weighted by Crippen LogP contribution is -2.03. The SMILES string of the molecule is COc1ccc(C2=C(Nc3cccc(C)c3C)c3ccccc3C2=O)cc1. The van der Waals surface area contributed by atoms with Crippen LogP contribution in [0.2, 0.25) is 0 Å². The van der Waals surface area contributed by atoms with Gasteiger partial charge in [-0.3, -0.25) is 4.79 Å². The van der Waals surface area contributed by atoms with E-state index in [9.17, 15) is 4.79 Å². The number of benzene rings is 3. The summed E-state index contributed by atoms with van der Waals surface area (Å²) in [5, 5.41) is 3.54. The summed E-state index contributed by atoms with van der Waals surface area (Å²) in [6, 6.07) is 21.6. The smallest absolute Gasteiger partial charge is 0.196 e. The van der Waals surface area contributed by atoms with Crippen molar-refractivity contribution >= 4 is 22.7 Å². The molecule has 0 bridgehead atoms. The van der Waals surface area contributed by atoms with Gasteiger partial charge in [-0.25, -0.2) is 0 Å². The zero-order valence-corrected chi connectivity index (χ0v) is 15.7. The number of rotatable bonds is 4. The van der Waals surface area contributed by atoms with E-state index in [2.05, 4.69) is 25.2 Å². The molecule has 0 saturated heterocycles. The van der Waals surface area contributed by atoms with Crippen LogP contribution in [-0.2, 0) is 0 Å². The molecule has 0 amide bonds. The van der Waals surface area contributed by atoms with Gasteiger partial charge in [-0.15, -0.1) is 0 Å². The van der Waals surface area contributed by atoms with Crippen molar-refractivity contribution in [2.24, 2.45) is 0 Å². The Morgan fingerprint density at radius 3 is 2.22 bits per heavy atom. The number of nitrogens with one attached hydrogen (secondary N) is 1. The summed E-state index contributed by atoms with van der Waals surface area (Å²) in [4.78, 5) is 13.2. The molecule has 4 rings (SSSR count). The van der Waals surface area contributed by atoms with E-state index in [1.54, 1.807) is 7.11 Å². The Kier molecular flexibility index (Phi) is 4.28. The normalized spacial score (nSPS) is 12.9. The van der Waals surface area contributed by atoms with Gasteiger partial charge < -0.3 is 10.1 Å². The zero-order valence-electron chi connectivity index (χ0n) is 15.7. The molecule has 3 nitrogen and oxygen atoms in total. The van der Waals surface area contributed by atoms with E-state index < -0.39 is 0 Å². The van der Waals surface area contributed by atoms with Gasteiger partial charge in [0.1, 0.15) is 5.75 Å². The number of carbonyl (C=O) groups excluding carboxylic acids is 1. The average molecular weight is 355 g/mol. The van der Waals surface area contributed by atoms with Gasteiger partial charge in [0.2, 0.25) is 0 Å². The Morgan fingerprint density at radius 1 is 0.815 bits per heavy atom. The van der Waals surface area contributed by atoms with Crippen LogP contribution in [0, 0.1) is 13.8 Å². The molecular formula is C24H21NO2. The van der Waals surface area contributed by atoms with Crippen LogP contribution in [-0.4, -0.2) is 12.9 Å². The maximum Gasteiger partial charge on any atom is 0.196 e. The molecule has 0 atom stereocenters. The van der Waals surface area contributed by atoms with Crippen molar-refractivity contribution in [3.05, 3.63) is 94.5 Å². The van der Waals surface area contributed by atoms with Crippen LogP contribution in [0.3, 0.4) is 0 Å². The lowest BCUT2D eigenvalue weighted by atomic mass is 10.0. The van der Waals surface area contributed by atoms with E-state index in [0.717, 1.165) is 33.8 Å². The highest BCUT2D eigenvalue weighted by atomic mass is 16.5. The number of ketones is 1. The maximum absolute atomic E-state index is 13.2. The lowest BCUT2D eigenvalue weighted by molar-refractivity contribution is 0.105. The molecule has 0 radical (unpaired) electrons. The molecule has 1 N–H and O–H groups in total. The van der Waals surface area contributed by atoms with Crippen molar-refractivity contribution < 1.29 is 9.53 Å². The zero-order chi connectivity index (χ0) is 19.0. The molecule has 3 aromatic carbocycles. The van der Waals surface area contributed by atoms with E-state index in [1.807, 2.05) is 60.7 Å². The van der Waals surface area contributed by atoms with Crippen LogP contribution in [0.15, 0.2) is 66.7 Å². The first-order chi connectivity index (χ1) is 13.1. The summed E-state index contributed by atoms with van der Waals surface area (Å²) in [5.41, 5.74) is 7.50. The van der Waals surface area contributed by atoms with Crippen LogP contribution >= 0.6 is 0 Å². The lowest BCUT2D eigenvalue weighted by Gasteiger charge is -2.15. The van der Waals surface area contributed by atoms with E-state index in [1.165, 1.54) is 11.1 Å². The minimum absolute atomic E-state index is 0.0450. The second kappa shape index (κ2) is 6.76. The van der Waals surface area contributed by atoms with E-state index in [-0.39, 0.29) is 5.78 Å². The first-order valence-corrected chi connectivity index (χ1v) is 8.96. The van der Waals surface area contributed by atoms with Crippen LogP contribution in [0.1, 0.15) is 32.6 Å². The average Bonchev–Trinajstić information content (AvgIpc) is 2.98. The molecule has 0 heterocycles. The number of hydrogen-bond acceptors (Lipinski definition) is 3. The predicted molar refractivity (Wildman–Crippen MR) is 110 cm³/mol. The molecule has 1 aliphatic rings. The number of aryl methyl sites for hydroxylation is 1. The molecule has 0 saturated carbocycles. The number of methoxy groups -OCH3 is 1. The number of allylic oxidation sites excluding steroid dienone is 1. The number of anilines is 1. The minimum Gasteiger partial charge on any atom is -0.497 e. The largest absolute Gasteiger partial charge is 0.497 e. The van der Waals surface area contributed by atoms with Crippen LogP contribution in [0.4, 0.5) is 5.69 Å². The fraction of sp³-hybridized carbons (Fsp3) is 0.125. The van der Waals surface area contributed by atoms with Gasteiger partial charge in [0.15, 0.2) is 5.78 Å². The molecule has 1 aliphatic carbocycles. The number of hydrogen-bond donors (Lipinski definition) is 1. The summed E-state index contributed by atoms with van der Waals surface area (Å²) in [5.74, 6) is 0.815. The summed E-state index contributed by atoms with van der Waals surface area (Å²) in [7, 11) is 1.64. The molecule has 0 fully saturated rings. The van der Waals surface area contributed by atoms with Gasteiger partial charge in [0.05, 0.1) is 18.4 Å². The summed E-state index contributed by atoms with van der Waals surface area (Å²) < 4.78 is 5.26. The Hall–Kier alpha value is -3.33. The highest BCUT2D eigenvalue weighted by molar-refractivity contribution is 6.40. The molecule has 27 heavy (non-hydrogen) atoms. The number of fused-ring (bicyclic) bond motifs is 1. The van der Waals surface area contributed by atoms with Crippen molar-refractivity contribution in [2.45, 2.75) is 13.8 Å². The molecule has 3 heteroatoms. The van der Waals surface area contributed by atoms with Crippen LogP contribution in [0.5, 0.6) is 5.75 Å². The molecule has 0 aliphatic heterocycles.